The van der Waals surface area contributed by atoms with Gasteiger partial charge in [0.2, 0.25) is 0 Å². The first kappa shape index (κ1) is 22.7. The largest absolute Gasteiger partial charge is 0.495 e. The van der Waals surface area contributed by atoms with Gasteiger partial charge >= 0.3 is 5.97 Å². The van der Waals surface area contributed by atoms with E-state index >= 15 is 0 Å². The molecule has 0 saturated heterocycles. The molecule has 0 unspecified atom stereocenters. The molecule has 7 heteroatoms. The van der Waals surface area contributed by atoms with Crippen LogP contribution in [-0.2, 0) is 21.4 Å². The van der Waals surface area contributed by atoms with E-state index < -0.39 is 0 Å². The Hall–Kier alpha value is -3.06. The second kappa shape index (κ2) is 9.29. The smallest absolute Gasteiger partial charge is 0.316 e. The summed E-state index contributed by atoms with van der Waals surface area (Å²) in [4.78, 5) is 31.6. The number of esters is 1. The Kier molecular flexibility index (Phi) is 6.21. The fourth-order valence-corrected chi connectivity index (χ4v) is 6.26. The predicted octanol–water partition coefficient (Wildman–Crippen LogP) is 4.93. The van der Waals surface area contributed by atoms with Crippen LogP contribution in [0.25, 0.3) is 16.9 Å². The SMILES string of the molecule is CCOC(=O)CSc1nc2c(c(=O)n1-c1ccccc1OC)C1(CCCC1)Cc1ccccc1-2. The van der Waals surface area contributed by atoms with Crippen LogP contribution in [0.4, 0.5) is 0 Å². The highest BCUT2D eigenvalue weighted by Crippen LogP contribution is 2.50. The molecule has 1 saturated carbocycles. The number of hydrogen-bond donors (Lipinski definition) is 0. The first-order valence-electron chi connectivity index (χ1n) is 11.8. The predicted molar refractivity (Wildman–Crippen MR) is 133 cm³/mol. The van der Waals surface area contributed by atoms with Crippen LogP contribution in [0, 0.1) is 0 Å². The zero-order chi connectivity index (χ0) is 23.7. The van der Waals surface area contributed by atoms with Crippen LogP contribution in [0.1, 0.15) is 43.7 Å². The summed E-state index contributed by atoms with van der Waals surface area (Å²) in [5.41, 5.74) is 4.15. The van der Waals surface area contributed by atoms with E-state index in [1.807, 2.05) is 30.3 Å². The molecule has 176 valence electrons. The third kappa shape index (κ3) is 3.82. The molecule has 1 fully saturated rings. The van der Waals surface area contributed by atoms with Crippen molar-refractivity contribution in [3.63, 3.8) is 0 Å². The molecule has 1 spiro atoms. The molecule has 0 N–H and O–H groups in total. The zero-order valence-corrected chi connectivity index (χ0v) is 20.3. The highest BCUT2D eigenvalue weighted by atomic mass is 32.2. The molecule has 1 heterocycles. The van der Waals surface area contributed by atoms with E-state index in [1.165, 1.54) is 17.3 Å². The van der Waals surface area contributed by atoms with Crippen LogP contribution < -0.4 is 10.3 Å². The van der Waals surface area contributed by atoms with Crippen molar-refractivity contribution in [2.75, 3.05) is 19.5 Å². The molecule has 0 aliphatic heterocycles. The molecule has 0 amide bonds. The summed E-state index contributed by atoms with van der Waals surface area (Å²) in [7, 11) is 1.59. The van der Waals surface area contributed by atoms with Crippen molar-refractivity contribution in [1.29, 1.82) is 0 Å². The number of benzene rings is 2. The average Bonchev–Trinajstić information content (AvgIpc) is 3.31. The van der Waals surface area contributed by atoms with E-state index in [2.05, 4.69) is 18.2 Å². The van der Waals surface area contributed by atoms with Crippen LogP contribution in [0.2, 0.25) is 0 Å². The van der Waals surface area contributed by atoms with Crippen molar-refractivity contribution in [1.82, 2.24) is 9.55 Å². The van der Waals surface area contributed by atoms with Gasteiger partial charge < -0.3 is 9.47 Å². The Balaban J connectivity index is 1.78. The van der Waals surface area contributed by atoms with Crippen LogP contribution in [0.3, 0.4) is 0 Å². The average molecular weight is 477 g/mol. The Morgan fingerprint density at radius 1 is 1.12 bits per heavy atom. The Labute approximate surface area is 203 Å². The number of methoxy groups -OCH3 is 1. The molecule has 6 nitrogen and oxygen atoms in total. The number of aromatic nitrogens is 2. The summed E-state index contributed by atoms with van der Waals surface area (Å²) < 4.78 is 12.4. The molecular weight excluding hydrogens is 448 g/mol. The molecule has 0 atom stereocenters. The first-order chi connectivity index (χ1) is 16.6. The van der Waals surface area contributed by atoms with E-state index in [9.17, 15) is 9.59 Å². The van der Waals surface area contributed by atoms with Gasteiger partial charge in [0.25, 0.3) is 5.56 Å². The molecule has 2 aromatic carbocycles. The third-order valence-electron chi connectivity index (χ3n) is 6.90. The van der Waals surface area contributed by atoms with Crippen molar-refractivity contribution in [3.8, 4) is 22.7 Å². The summed E-state index contributed by atoms with van der Waals surface area (Å²) in [5, 5.41) is 0.464. The van der Waals surface area contributed by atoms with Crippen molar-refractivity contribution >= 4 is 17.7 Å². The molecule has 5 rings (SSSR count). The van der Waals surface area contributed by atoms with Crippen LogP contribution in [0.15, 0.2) is 58.5 Å². The topological polar surface area (TPSA) is 70.4 Å². The monoisotopic (exact) mass is 476 g/mol. The normalized spacial score (nSPS) is 15.6. The van der Waals surface area contributed by atoms with Gasteiger partial charge in [-0.1, -0.05) is 61.0 Å². The quantitative estimate of drug-likeness (QED) is 0.285. The molecule has 0 bridgehead atoms. The molecule has 34 heavy (non-hydrogen) atoms. The van der Waals surface area contributed by atoms with Crippen LogP contribution in [-0.4, -0.2) is 35.0 Å². The second-order valence-corrected chi connectivity index (χ2v) is 9.79. The van der Waals surface area contributed by atoms with Gasteiger partial charge in [0.1, 0.15) is 5.75 Å². The number of hydrogen-bond acceptors (Lipinski definition) is 6. The highest BCUT2D eigenvalue weighted by molar-refractivity contribution is 7.99. The fourth-order valence-electron chi connectivity index (χ4n) is 5.46. The standard InChI is InChI=1S/C27H28N2O4S/c1-3-33-22(30)17-34-26-28-24-19-11-5-4-10-18(19)16-27(14-8-9-15-27)23(24)25(31)29(26)20-12-6-7-13-21(20)32-2/h4-7,10-13H,3,8-9,14-17H2,1-2H3. The van der Waals surface area contributed by atoms with Gasteiger partial charge in [-0.15, -0.1) is 0 Å². The van der Waals surface area contributed by atoms with Crippen LogP contribution >= 0.6 is 11.8 Å². The van der Waals surface area contributed by atoms with Gasteiger partial charge in [-0.25, -0.2) is 4.98 Å². The summed E-state index contributed by atoms with van der Waals surface area (Å²) in [5.74, 6) is 0.320. The van der Waals surface area contributed by atoms with Gasteiger partial charge in [-0.3, -0.25) is 14.2 Å². The number of ether oxygens (including phenoxy) is 2. The minimum absolute atomic E-state index is 0.0704. The molecule has 0 radical (unpaired) electrons. The van der Waals surface area contributed by atoms with Crippen molar-refractivity contribution in [3.05, 3.63) is 70.0 Å². The van der Waals surface area contributed by atoms with Crippen molar-refractivity contribution < 1.29 is 14.3 Å². The Bertz CT molecular complexity index is 1290. The molecule has 2 aliphatic rings. The number of nitrogens with zero attached hydrogens (tertiary/aromatic N) is 2. The lowest BCUT2D eigenvalue weighted by molar-refractivity contribution is -0.139. The summed E-state index contributed by atoms with van der Waals surface area (Å²) in [6, 6.07) is 15.7. The Morgan fingerprint density at radius 2 is 1.85 bits per heavy atom. The number of fused-ring (bicyclic) bond motifs is 4. The van der Waals surface area contributed by atoms with Gasteiger partial charge in [-0.2, -0.15) is 0 Å². The first-order valence-corrected chi connectivity index (χ1v) is 12.7. The summed E-state index contributed by atoms with van der Waals surface area (Å²) in [6.45, 7) is 2.09. The minimum atomic E-state index is -0.335. The Morgan fingerprint density at radius 3 is 2.62 bits per heavy atom. The van der Waals surface area contributed by atoms with Crippen LogP contribution in [0.5, 0.6) is 5.75 Å². The van der Waals surface area contributed by atoms with Gasteiger partial charge in [0.05, 0.1) is 36.4 Å². The lowest BCUT2D eigenvalue weighted by Crippen LogP contribution is -2.40. The number of para-hydroxylation sites is 2. The fraction of sp³-hybridized carbons (Fsp3) is 0.370. The maximum atomic E-state index is 14.4. The van der Waals surface area contributed by atoms with E-state index in [1.54, 1.807) is 18.6 Å². The van der Waals surface area contributed by atoms with E-state index in [0.717, 1.165) is 48.9 Å². The molecule has 1 aromatic heterocycles. The summed E-state index contributed by atoms with van der Waals surface area (Å²) in [6.07, 6.45) is 5.03. The number of carbonyl (C=O) groups is 1. The number of carbonyl (C=O) groups excluding carboxylic acids is 1. The molecule has 2 aliphatic carbocycles. The van der Waals surface area contributed by atoms with E-state index in [4.69, 9.17) is 14.5 Å². The van der Waals surface area contributed by atoms with Gasteiger partial charge in [0, 0.05) is 11.0 Å². The lowest BCUT2D eigenvalue weighted by Gasteiger charge is -2.36. The second-order valence-electron chi connectivity index (χ2n) is 8.85. The number of rotatable bonds is 6. The lowest BCUT2D eigenvalue weighted by atomic mass is 9.68. The highest BCUT2D eigenvalue weighted by Gasteiger charge is 2.44. The number of thioether (sulfide) groups is 1. The van der Waals surface area contributed by atoms with Crippen molar-refractivity contribution in [2.24, 2.45) is 0 Å². The zero-order valence-electron chi connectivity index (χ0n) is 19.5. The third-order valence-corrected chi connectivity index (χ3v) is 7.81. The maximum Gasteiger partial charge on any atom is 0.316 e. The summed E-state index contributed by atoms with van der Waals surface area (Å²) >= 11 is 1.22. The minimum Gasteiger partial charge on any atom is -0.495 e. The van der Waals surface area contributed by atoms with Gasteiger partial charge in [-0.05, 0) is 43.9 Å². The van der Waals surface area contributed by atoms with E-state index in [0.29, 0.717) is 23.2 Å². The maximum absolute atomic E-state index is 14.4. The van der Waals surface area contributed by atoms with E-state index in [-0.39, 0.29) is 22.7 Å². The molecule has 3 aromatic rings. The van der Waals surface area contributed by atoms with Gasteiger partial charge in [0.15, 0.2) is 5.16 Å². The van der Waals surface area contributed by atoms with Crippen molar-refractivity contribution in [2.45, 2.75) is 49.6 Å². The molecular formula is C27H28N2O4S.